The lowest BCUT2D eigenvalue weighted by Crippen LogP contribution is -2.27. The number of ether oxygens (including phenoxy) is 1. The number of nitrogens with one attached hydrogen (secondary N) is 1. The van der Waals surface area contributed by atoms with Gasteiger partial charge in [0.15, 0.2) is 0 Å². The lowest BCUT2D eigenvalue weighted by Gasteiger charge is -2.15. The van der Waals surface area contributed by atoms with Gasteiger partial charge in [0.1, 0.15) is 11.4 Å². The van der Waals surface area contributed by atoms with Gasteiger partial charge in [-0.05, 0) is 82.0 Å². The van der Waals surface area contributed by atoms with Crippen LogP contribution in [0, 0.1) is 27.7 Å². The minimum absolute atomic E-state index is 0.0766. The Balaban J connectivity index is 1.70. The molecule has 0 aliphatic carbocycles. The predicted molar refractivity (Wildman–Crippen MR) is 140 cm³/mol. The molecule has 35 heavy (non-hydrogen) atoms. The fourth-order valence-corrected chi connectivity index (χ4v) is 4.67. The molecule has 0 spiro atoms. The molecule has 2 aromatic carbocycles. The number of aromatic nitrogens is 3. The molecule has 0 radical (unpaired) electrons. The molecule has 182 valence electrons. The van der Waals surface area contributed by atoms with Crippen molar-refractivity contribution in [3.05, 3.63) is 80.8 Å². The molecule has 0 fully saturated rings. The first-order valence-electron chi connectivity index (χ1n) is 11.9. The third-order valence-electron chi connectivity index (χ3n) is 6.42. The Morgan fingerprint density at radius 1 is 1.06 bits per heavy atom. The van der Waals surface area contributed by atoms with E-state index in [1.54, 1.807) is 11.7 Å². The highest BCUT2D eigenvalue weighted by Gasteiger charge is 2.21. The summed E-state index contributed by atoms with van der Waals surface area (Å²) in [6, 6.07) is 13.7. The second-order valence-electron chi connectivity index (χ2n) is 8.94. The van der Waals surface area contributed by atoms with Crippen LogP contribution in [0.5, 0.6) is 5.75 Å². The molecule has 7 heteroatoms. The molecule has 2 aromatic heterocycles. The molecule has 0 saturated heterocycles. The van der Waals surface area contributed by atoms with Crippen LogP contribution in [0.4, 0.5) is 5.69 Å². The number of nitrogens with zero attached hydrogens (tertiary/aromatic N) is 3. The van der Waals surface area contributed by atoms with E-state index in [4.69, 9.17) is 9.84 Å². The molecule has 4 rings (SSSR count). The number of fused-ring (bicyclic) bond motifs is 1. The van der Waals surface area contributed by atoms with Crippen molar-refractivity contribution in [3.63, 3.8) is 0 Å². The van der Waals surface area contributed by atoms with Crippen LogP contribution in [0.15, 0.2) is 47.3 Å². The molecular formula is C28H32N4O3. The van der Waals surface area contributed by atoms with Crippen LogP contribution in [-0.2, 0) is 17.8 Å². The summed E-state index contributed by atoms with van der Waals surface area (Å²) in [4.78, 5) is 26.4. The van der Waals surface area contributed by atoms with Gasteiger partial charge in [-0.15, -0.1) is 0 Å². The average molecular weight is 473 g/mol. The quantitative estimate of drug-likeness (QED) is 0.410. The van der Waals surface area contributed by atoms with E-state index >= 15 is 0 Å². The number of carbonyl (C=O) groups is 1. The van der Waals surface area contributed by atoms with Crippen molar-refractivity contribution in [1.82, 2.24) is 14.3 Å². The SMILES string of the molecule is CCn1c(=O)c(CCC(=O)Nc2cc(C)ccc2OC)c(C)c2c(C)nn(-c3cccc(C)c3)c21. The monoisotopic (exact) mass is 472 g/mol. The van der Waals surface area contributed by atoms with Crippen LogP contribution < -0.4 is 15.6 Å². The molecule has 1 amide bonds. The molecule has 0 atom stereocenters. The van der Waals surface area contributed by atoms with Crippen LogP contribution in [0.1, 0.15) is 41.3 Å². The Labute approximate surface area is 205 Å². The summed E-state index contributed by atoms with van der Waals surface area (Å²) >= 11 is 0. The maximum atomic E-state index is 13.6. The van der Waals surface area contributed by atoms with E-state index in [2.05, 4.69) is 11.4 Å². The number of aryl methyl sites for hydroxylation is 5. The van der Waals surface area contributed by atoms with Gasteiger partial charge < -0.3 is 10.1 Å². The summed E-state index contributed by atoms with van der Waals surface area (Å²) in [7, 11) is 1.57. The van der Waals surface area contributed by atoms with E-state index in [-0.39, 0.29) is 17.9 Å². The number of hydrogen-bond donors (Lipinski definition) is 1. The first kappa shape index (κ1) is 24.3. The third-order valence-corrected chi connectivity index (χ3v) is 6.42. The predicted octanol–water partition coefficient (Wildman–Crippen LogP) is 5.02. The minimum atomic E-state index is -0.164. The number of benzene rings is 2. The molecular weight excluding hydrogens is 440 g/mol. The fourth-order valence-electron chi connectivity index (χ4n) is 4.67. The third kappa shape index (κ3) is 4.58. The van der Waals surface area contributed by atoms with Gasteiger partial charge in [0.2, 0.25) is 5.91 Å². The van der Waals surface area contributed by atoms with Gasteiger partial charge in [-0.3, -0.25) is 14.2 Å². The lowest BCUT2D eigenvalue weighted by atomic mass is 10.0. The number of amides is 1. The number of rotatable bonds is 7. The average Bonchev–Trinajstić information content (AvgIpc) is 3.16. The van der Waals surface area contributed by atoms with Crippen LogP contribution in [0.3, 0.4) is 0 Å². The van der Waals surface area contributed by atoms with Crippen molar-refractivity contribution in [2.75, 3.05) is 12.4 Å². The normalized spacial score (nSPS) is 11.1. The van der Waals surface area contributed by atoms with Gasteiger partial charge in [0.05, 0.1) is 24.2 Å². The number of hydrogen-bond acceptors (Lipinski definition) is 4. The number of carbonyl (C=O) groups excluding carboxylic acids is 1. The van der Waals surface area contributed by atoms with Crippen LogP contribution in [-0.4, -0.2) is 27.4 Å². The Kier molecular flexibility index (Phi) is 6.78. The van der Waals surface area contributed by atoms with Crippen molar-refractivity contribution in [3.8, 4) is 11.4 Å². The van der Waals surface area contributed by atoms with Gasteiger partial charge in [-0.25, -0.2) is 4.68 Å². The van der Waals surface area contributed by atoms with Gasteiger partial charge in [-0.2, -0.15) is 5.10 Å². The molecule has 0 aliphatic rings. The Bertz CT molecular complexity index is 1480. The zero-order valence-corrected chi connectivity index (χ0v) is 21.2. The van der Waals surface area contributed by atoms with E-state index in [1.807, 2.05) is 75.7 Å². The van der Waals surface area contributed by atoms with Gasteiger partial charge in [0, 0.05) is 23.9 Å². The topological polar surface area (TPSA) is 78.2 Å². The zero-order valence-electron chi connectivity index (χ0n) is 21.2. The first-order valence-corrected chi connectivity index (χ1v) is 11.9. The summed E-state index contributed by atoms with van der Waals surface area (Å²) in [6.07, 6.45) is 0.531. The maximum absolute atomic E-state index is 13.6. The largest absolute Gasteiger partial charge is 0.495 e. The van der Waals surface area contributed by atoms with Gasteiger partial charge >= 0.3 is 0 Å². The Morgan fingerprint density at radius 2 is 1.80 bits per heavy atom. The number of anilines is 1. The van der Waals surface area contributed by atoms with Crippen molar-refractivity contribution in [2.45, 2.75) is 54.0 Å². The molecule has 0 aliphatic heterocycles. The summed E-state index contributed by atoms with van der Waals surface area (Å²) in [5.41, 5.74) is 6.80. The maximum Gasteiger partial charge on any atom is 0.255 e. The number of methoxy groups -OCH3 is 1. The van der Waals surface area contributed by atoms with Crippen molar-refractivity contribution in [2.24, 2.45) is 0 Å². The van der Waals surface area contributed by atoms with E-state index in [0.717, 1.165) is 39.1 Å². The highest BCUT2D eigenvalue weighted by Crippen LogP contribution is 2.28. The highest BCUT2D eigenvalue weighted by molar-refractivity contribution is 5.92. The molecule has 2 heterocycles. The fraction of sp³-hybridized carbons (Fsp3) is 0.321. The Hall–Kier alpha value is -3.87. The summed E-state index contributed by atoms with van der Waals surface area (Å²) in [5.74, 6) is 0.442. The van der Waals surface area contributed by atoms with Gasteiger partial charge in [-0.1, -0.05) is 18.2 Å². The van der Waals surface area contributed by atoms with E-state index < -0.39 is 0 Å². The highest BCUT2D eigenvalue weighted by atomic mass is 16.5. The molecule has 4 aromatic rings. The van der Waals surface area contributed by atoms with Crippen LogP contribution >= 0.6 is 0 Å². The molecule has 1 N–H and O–H groups in total. The van der Waals surface area contributed by atoms with E-state index in [0.29, 0.717) is 30.0 Å². The Morgan fingerprint density at radius 3 is 2.49 bits per heavy atom. The molecule has 0 bridgehead atoms. The first-order chi connectivity index (χ1) is 16.7. The summed E-state index contributed by atoms with van der Waals surface area (Å²) in [5, 5.41) is 8.69. The van der Waals surface area contributed by atoms with Crippen LogP contribution in [0.25, 0.3) is 16.7 Å². The van der Waals surface area contributed by atoms with Crippen molar-refractivity contribution < 1.29 is 9.53 Å². The minimum Gasteiger partial charge on any atom is -0.495 e. The standard InChI is InChI=1S/C28H32N4O3/c1-7-31-27-26(20(5)30-32(27)21-10-8-9-17(2)15-21)19(4)22(28(31)34)12-14-25(33)29-23-16-18(3)11-13-24(23)35-6/h8-11,13,15-16H,7,12,14H2,1-6H3,(H,29,33). The summed E-state index contributed by atoms with van der Waals surface area (Å²) in [6.45, 7) is 10.4. The molecule has 0 saturated carbocycles. The molecule has 7 nitrogen and oxygen atoms in total. The van der Waals surface area contributed by atoms with Crippen LogP contribution in [0.2, 0.25) is 0 Å². The summed E-state index contributed by atoms with van der Waals surface area (Å²) < 4.78 is 8.99. The second-order valence-corrected chi connectivity index (χ2v) is 8.94. The lowest BCUT2D eigenvalue weighted by molar-refractivity contribution is -0.116. The molecule has 0 unspecified atom stereocenters. The smallest absolute Gasteiger partial charge is 0.255 e. The van der Waals surface area contributed by atoms with Crippen molar-refractivity contribution in [1.29, 1.82) is 0 Å². The van der Waals surface area contributed by atoms with E-state index in [1.165, 1.54) is 0 Å². The van der Waals surface area contributed by atoms with Crippen molar-refractivity contribution >= 4 is 22.6 Å². The van der Waals surface area contributed by atoms with Gasteiger partial charge in [0.25, 0.3) is 5.56 Å². The number of pyridine rings is 1. The zero-order chi connectivity index (χ0) is 25.3. The second kappa shape index (κ2) is 9.78. The van der Waals surface area contributed by atoms with E-state index in [9.17, 15) is 9.59 Å².